The molecule has 2 heteroatoms. The smallest absolute Gasteiger partial charge is 0.192 e. The van der Waals surface area contributed by atoms with Crippen LogP contribution in [0.4, 0.5) is 0 Å². The Labute approximate surface area is 44.9 Å². The van der Waals surface area contributed by atoms with Crippen molar-refractivity contribution in [3.8, 4) is 0 Å². The predicted octanol–water partition coefficient (Wildman–Crippen LogP) is 1.36. The van der Waals surface area contributed by atoms with E-state index in [2.05, 4.69) is 0 Å². The summed E-state index contributed by atoms with van der Waals surface area (Å²) in [6.07, 6.45) is 0.653. The molecule has 30 valence electrons. The van der Waals surface area contributed by atoms with Crippen LogP contribution in [0.3, 0.4) is 0 Å². The van der Waals surface area contributed by atoms with Crippen molar-refractivity contribution in [2.24, 2.45) is 0 Å². The third-order valence-corrected chi connectivity index (χ3v) is 1.04. The SMILES string of the molecule is CCC(=O)I. The molecule has 0 aromatic heterocycles. The molecule has 0 aromatic carbocycles. The highest BCUT2D eigenvalue weighted by atomic mass is 127. The standard InChI is InChI=1S/C3H5IO/c1-2-3(4)5/h2H2,1H3. The van der Waals surface area contributed by atoms with Crippen LogP contribution in [0.2, 0.25) is 0 Å². The third kappa shape index (κ3) is 4.40. The summed E-state index contributed by atoms with van der Waals surface area (Å²) in [6.45, 7) is 1.84. The lowest BCUT2D eigenvalue weighted by Gasteiger charge is -1.68. The summed E-state index contributed by atoms with van der Waals surface area (Å²) < 4.78 is 0.225. The molecule has 0 aliphatic heterocycles. The van der Waals surface area contributed by atoms with Crippen molar-refractivity contribution in [1.82, 2.24) is 0 Å². The van der Waals surface area contributed by atoms with Crippen LogP contribution < -0.4 is 0 Å². The Kier molecular flexibility index (Phi) is 2.84. The summed E-state index contributed by atoms with van der Waals surface area (Å²) in [5.41, 5.74) is 0. The summed E-state index contributed by atoms with van der Waals surface area (Å²) in [7, 11) is 0. The van der Waals surface area contributed by atoms with Gasteiger partial charge in [0, 0.05) is 6.42 Å². The number of carbonyl (C=O) groups is 1. The van der Waals surface area contributed by atoms with Gasteiger partial charge in [0.05, 0.1) is 0 Å². The van der Waals surface area contributed by atoms with Gasteiger partial charge in [-0.2, -0.15) is 0 Å². The van der Waals surface area contributed by atoms with Gasteiger partial charge in [0.2, 0.25) is 0 Å². The largest absolute Gasteiger partial charge is 0.288 e. The van der Waals surface area contributed by atoms with E-state index >= 15 is 0 Å². The normalized spacial score (nSPS) is 7.60. The fourth-order valence-corrected chi connectivity index (χ4v) is 0. The van der Waals surface area contributed by atoms with Gasteiger partial charge in [-0.1, -0.05) is 6.92 Å². The molecule has 0 aliphatic rings. The fraction of sp³-hybridized carbons (Fsp3) is 0.667. The van der Waals surface area contributed by atoms with E-state index in [1.807, 2.05) is 6.92 Å². The van der Waals surface area contributed by atoms with Gasteiger partial charge in [0.1, 0.15) is 0 Å². The molecule has 1 nitrogen and oxygen atoms in total. The minimum absolute atomic E-state index is 0.225. The summed E-state index contributed by atoms with van der Waals surface area (Å²) in [4.78, 5) is 9.80. The lowest BCUT2D eigenvalue weighted by atomic mass is 10.6. The number of hydrogen-bond donors (Lipinski definition) is 0. The van der Waals surface area contributed by atoms with E-state index in [4.69, 9.17) is 0 Å². The molecule has 0 aliphatic carbocycles. The second-order valence-electron chi connectivity index (χ2n) is 0.709. The zero-order valence-corrected chi connectivity index (χ0v) is 5.15. The van der Waals surface area contributed by atoms with Crippen molar-refractivity contribution in [1.29, 1.82) is 0 Å². The van der Waals surface area contributed by atoms with Crippen LogP contribution in [-0.4, -0.2) is 3.79 Å². The Bertz CT molecular complexity index is 42.2. The van der Waals surface area contributed by atoms with Gasteiger partial charge in [-0.15, -0.1) is 0 Å². The average Bonchev–Trinajstić information content (AvgIpc) is 1.38. The Balaban J connectivity index is 2.85. The summed E-state index contributed by atoms with van der Waals surface area (Å²) >= 11 is 1.77. The van der Waals surface area contributed by atoms with E-state index in [9.17, 15) is 4.79 Å². The van der Waals surface area contributed by atoms with Crippen molar-refractivity contribution in [2.75, 3.05) is 0 Å². The zero-order chi connectivity index (χ0) is 4.28. The maximum absolute atomic E-state index is 9.80. The minimum atomic E-state index is 0.225. The Hall–Kier alpha value is 0.400. The van der Waals surface area contributed by atoms with Crippen molar-refractivity contribution < 1.29 is 4.79 Å². The van der Waals surface area contributed by atoms with Crippen LogP contribution in [-0.2, 0) is 4.79 Å². The molecule has 0 unspecified atom stereocenters. The number of rotatable bonds is 1. The molecular weight excluding hydrogens is 179 g/mol. The maximum Gasteiger partial charge on any atom is 0.192 e. The summed E-state index contributed by atoms with van der Waals surface area (Å²) in [5.74, 6) is 0. The molecule has 0 saturated carbocycles. The van der Waals surface area contributed by atoms with E-state index in [1.165, 1.54) is 0 Å². The lowest BCUT2D eigenvalue weighted by molar-refractivity contribution is -0.109. The van der Waals surface area contributed by atoms with Gasteiger partial charge >= 0.3 is 0 Å². The van der Waals surface area contributed by atoms with Crippen molar-refractivity contribution in [2.45, 2.75) is 13.3 Å². The molecule has 0 spiro atoms. The third-order valence-electron chi connectivity index (χ3n) is 0.278. The van der Waals surface area contributed by atoms with Crippen LogP contribution in [0.15, 0.2) is 0 Å². The van der Waals surface area contributed by atoms with Crippen LogP contribution in [0.5, 0.6) is 0 Å². The topological polar surface area (TPSA) is 17.1 Å². The molecule has 0 aromatic rings. The van der Waals surface area contributed by atoms with E-state index < -0.39 is 0 Å². The monoisotopic (exact) mass is 184 g/mol. The predicted molar refractivity (Wildman–Crippen MR) is 29.3 cm³/mol. The first kappa shape index (κ1) is 5.40. The van der Waals surface area contributed by atoms with E-state index in [0.29, 0.717) is 6.42 Å². The minimum Gasteiger partial charge on any atom is -0.288 e. The van der Waals surface area contributed by atoms with Crippen LogP contribution >= 0.6 is 22.6 Å². The quantitative estimate of drug-likeness (QED) is 0.444. The first-order chi connectivity index (χ1) is 2.27. The fourth-order valence-electron chi connectivity index (χ4n) is 0. The highest BCUT2D eigenvalue weighted by molar-refractivity contribution is 14.1. The van der Waals surface area contributed by atoms with E-state index in [-0.39, 0.29) is 3.79 Å². The second-order valence-corrected chi connectivity index (χ2v) is 1.91. The van der Waals surface area contributed by atoms with Gasteiger partial charge < -0.3 is 0 Å². The second kappa shape index (κ2) is 2.63. The lowest BCUT2D eigenvalue weighted by Crippen LogP contribution is -1.73. The first-order valence-electron chi connectivity index (χ1n) is 1.45. The van der Waals surface area contributed by atoms with Gasteiger partial charge in [0.25, 0.3) is 0 Å². The molecule has 0 N–H and O–H groups in total. The van der Waals surface area contributed by atoms with E-state index in [1.54, 1.807) is 22.6 Å². The molecule has 0 amide bonds. The van der Waals surface area contributed by atoms with Gasteiger partial charge in [-0.05, 0) is 22.6 Å². The molecule has 5 heavy (non-hydrogen) atoms. The Morgan fingerprint density at radius 1 is 2.00 bits per heavy atom. The summed E-state index contributed by atoms with van der Waals surface area (Å²) in [6, 6.07) is 0. The average molecular weight is 184 g/mol. The van der Waals surface area contributed by atoms with Crippen molar-refractivity contribution in [3.63, 3.8) is 0 Å². The number of halogens is 1. The molecular formula is C3H5IO. The van der Waals surface area contributed by atoms with Crippen molar-refractivity contribution in [3.05, 3.63) is 0 Å². The van der Waals surface area contributed by atoms with Gasteiger partial charge in [0.15, 0.2) is 3.79 Å². The van der Waals surface area contributed by atoms with Crippen LogP contribution in [0, 0.1) is 0 Å². The molecule has 0 fully saturated rings. The van der Waals surface area contributed by atoms with Crippen LogP contribution in [0.1, 0.15) is 13.3 Å². The molecule has 0 saturated heterocycles. The van der Waals surface area contributed by atoms with Crippen LogP contribution in [0.25, 0.3) is 0 Å². The molecule has 0 atom stereocenters. The molecule has 0 radical (unpaired) electrons. The molecule has 0 heterocycles. The molecule has 0 rings (SSSR count). The number of hydrogen-bond acceptors (Lipinski definition) is 1. The molecule has 0 bridgehead atoms. The van der Waals surface area contributed by atoms with E-state index in [0.717, 1.165) is 0 Å². The van der Waals surface area contributed by atoms with Gasteiger partial charge in [-0.3, -0.25) is 4.79 Å². The zero-order valence-electron chi connectivity index (χ0n) is 2.99. The number of carbonyl (C=O) groups excluding carboxylic acids is 1. The Morgan fingerprint density at radius 2 is 2.20 bits per heavy atom. The first-order valence-corrected chi connectivity index (χ1v) is 2.53. The Morgan fingerprint density at radius 3 is 2.20 bits per heavy atom. The van der Waals surface area contributed by atoms with Gasteiger partial charge in [-0.25, -0.2) is 0 Å². The maximum atomic E-state index is 9.80. The van der Waals surface area contributed by atoms with Crippen molar-refractivity contribution >= 4 is 26.4 Å². The highest BCUT2D eigenvalue weighted by Crippen LogP contribution is 1.87. The summed E-state index contributed by atoms with van der Waals surface area (Å²) in [5, 5.41) is 0. The highest BCUT2D eigenvalue weighted by Gasteiger charge is 1.80.